The number of nitrogens with zero attached hydrogens (tertiary/aromatic N) is 2. The van der Waals surface area contributed by atoms with Crippen molar-refractivity contribution in [2.45, 2.75) is 45.8 Å². The number of amides is 1. The highest BCUT2D eigenvalue weighted by molar-refractivity contribution is 6.42. The molecule has 0 unspecified atom stereocenters. The summed E-state index contributed by atoms with van der Waals surface area (Å²) in [5.41, 5.74) is -0.623. The number of hydrogen-bond acceptors (Lipinski definition) is 5. The summed E-state index contributed by atoms with van der Waals surface area (Å²) in [6.45, 7) is 7.32. The molecule has 3 N–H and O–H groups in total. The fourth-order valence-corrected chi connectivity index (χ4v) is 3.64. The SMILES string of the molecule is CC(C)(C)[C@@](C)(O)COc1cc(C(=O)N[C@@H](CC(=O)O)c2cccc(Cl)c2Cl)nn1-c1ccccc1. The summed E-state index contributed by atoms with van der Waals surface area (Å²) in [4.78, 5) is 24.7. The van der Waals surface area contributed by atoms with E-state index in [0.29, 0.717) is 11.3 Å². The minimum atomic E-state index is -1.17. The largest absolute Gasteiger partial charge is 0.481 e. The zero-order chi connectivity index (χ0) is 26.7. The summed E-state index contributed by atoms with van der Waals surface area (Å²) < 4.78 is 7.39. The number of rotatable bonds is 9. The highest BCUT2D eigenvalue weighted by Crippen LogP contribution is 2.33. The van der Waals surface area contributed by atoms with E-state index in [4.69, 9.17) is 27.9 Å². The van der Waals surface area contributed by atoms with E-state index in [1.807, 2.05) is 39.0 Å². The van der Waals surface area contributed by atoms with Crippen molar-refractivity contribution in [1.82, 2.24) is 15.1 Å². The molecule has 0 aliphatic heterocycles. The third-order valence-corrected chi connectivity index (χ3v) is 6.90. The minimum Gasteiger partial charge on any atom is -0.481 e. The first kappa shape index (κ1) is 27.5. The zero-order valence-electron chi connectivity index (χ0n) is 20.5. The maximum atomic E-state index is 13.2. The third-order valence-electron chi connectivity index (χ3n) is 6.07. The number of aliphatic carboxylic acids is 1. The molecule has 0 bridgehead atoms. The van der Waals surface area contributed by atoms with Gasteiger partial charge in [0.1, 0.15) is 12.2 Å². The van der Waals surface area contributed by atoms with Gasteiger partial charge in [0.25, 0.3) is 5.91 Å². The molecule has 192 valence electrons. The lowest BCUT2D eigenvalue weighted by atomic mass is 9.78. The van der Waals surface area contributed by atoms with Crippen molar-refractivity contribution in [2.75, 3.05) is 6.61 Å². The summed E-state index contributed by atoms with van der Waals surface area (Å²) in [7, 11) is 0. The molecule has 10 heteroatoms. The fourth-order valence-electron chi connectivity index (χ4n) is 3.20. The monoisotopic (exact) mass is 533 g/mol. The number of halogens is 2. The first-order chi connectivity index (χ1) is 16.8. The number of carboxylic acids is 1. The van der Waals surface area contributed by atoms with Crippen molar-refractivity contribution in [2.24, 2.45) is 5.41 Å². The first-order valence-electron chi connectivity index (χ1n) is 11.3. The molecule has 0 radical (unpaired) electrons. The van der Waals surface area contributed by atoms with Crippen molar-refractivity contribution >= 4 is 35.1 Å². The number of hydrogen-bond donors (Lipinski definition) is 3. The maximum absolute atomic E-state index is 13.2. The van der Waals surface area contributed by atoms with Crippen LogP contribution in [0.5, 0.6) is 5.88 Å². The number of carbonyl (C=O) groups excluding carboxylic acids is 1. The summed E-state index contributed by atoms with van der Waals surface area (Å²) in [6, 6.07) is 14.4. The molecule has 3 rings (SSSR count). The van der Waals surface area contributed by atoms with Crippen molar-refractivity contribution in [3.05, 3.63) is 75.9 Å². The molecule has 0 spiro atoms. The number of nitrogens with one attached hydrogen (secondary N) is 1. The molecule has 0 saturated heterocycles. The Morgan fingerprint density at radius 1 is 1.08 bits per heavy atom. The van der Waals surface area contributed by atoms with Crippen molar-refractivity contribution < 1.29 is 24.5 Å². The Morgan fingerprint density at radius 2 is 1.75 bits per heavy atom. The van der Waals surface area contributed by atoms with Crippen LogP contribution in [0.1, 0.15) is 56.2 Å². The van der Waals surface area contributed by atoms with E-state index in [1.165, 1.54) is 10.7 Å². The first-order valence-corrected chi connectivity index (χ1v) is 12.0. The Kier molecular flexibility index (Phi) is 8.33. The lowest BCUT2D eigenvalue weighted by molar-refractivity contribution is -0.137. The number of ether oxygens (including phenoxy) is 1. The summed E-state index contributed by atoms with van der Waals surface area (Å²) in [6.07, 6.45) is -0.414. The van der Waals surface area contributed by atoms with Crippen molar-refractivity contribution in [3.63, 3.8) is 0 Å². The third kappa shape index (κ3) is 6.37. The number of carbonyl (C=O) groups is 2. The van der Waals surface area contributed by atoms with E-state index < -0.39 is 35.4 Å². The van der Waals surface area contributed by atoms with Gasteiger partial charge < -0.3 is 20.3 Å². The Morgan fingerprint density at radius 3 is 2.36 bits per heavy atom. The number of para-hydroxylation sites is 1. The van der Waals surface area contributed by atoms with Gasteiger partial charge in [0.05, 0.1) is 28.2 Å². The molecule has 1 amide bonds. The standard InChI is InChI=1S/C26H29Cl2N3O5/c1-25(2,3)26(4,35)15-36-21-13-20(30-31(21)16-9-6-5-7-10-16)24(34)29-19(14-22(32)33)17-11-8-12-18(27)23(17)28/h5-13,19,35H,14-15H2,1-4H3,(H,29,34)(H,32,33)/t19-,26-/m0/s1. The zero-order valence-corrected chi connectivity index (χ0v) is 22.0. The molecular weight excluding hydrogens is 505 g/mol. The van der Waals surface area contributed by atoms with E-state index >= 15 is 0 Å². The Balaban J connectivity index is 1.94. The van der Waals surface area contributed by atoms with Gasteiger partial charge in [-0.25, -0.2) is 4.68 Å². The molecule has 8 nitrogen and oxygen atoms in total. The smallest absolute Gasteiger partial charge is 0.305 e. The van der Waals surface area contributed by atoms with E-state index in [2.05, 4.69) is 10.4 Å². The van der Waals surface area contributed by atoms with Gasteiger partial charge in [-0.3, -0.25) is 9.59 Å². The van der Waals surface area contributed by atoms with Gasteiger partial charge in [-0.1, -0.05) is 74.3 Å². The average molecular weight is 534 g/mol. The normalized spacial score (nSPS) is 14.1. The van der Waals surface area contributed by atoms with E-state index in [9.17, 15) is 19.8 Å². The molecule has 1 aromatic heterocycles. The summed E-state index contributed by atoms with van der Waals surface area (Å²) in [5, 5.41) is 27.8. The Labute approximate surface area is 219 Å². The fraction of sp³-hybridized carbons (Fsp3) is 0.346. The number of aromatic nitrogens is 2. The Bertz CT molecular complexity index is 1240. The van der Waals surface area contributed by atoms with Crippen LogP contribution >= 0.6 is 23.2 Å². The molecular formula is C26H29Cl2N3O5. The molecule has 36 heavy (non-hydrogen) atoms. The maximum Gasteiger partial charge on any atom is 0.305 e. The number of carboxylic acid groups (broad SMARTS) is 1. The molecule has 0 aliphatic carbocycles. The number of benzene rings is 2. The lowest BCUT2D eigenvalue weighted by Crippen LogP contribution is -2.45. The number of aliphatic hydroxyl groups is 1. The quantitative estimate of drug-likeness (QED) is 0.343. The van der Waals surface area contributed by atoms with Gasteiger partial charge in [0.2, 0.25) is 5.88 Å². The second-order valence-electron chi connectivity index (χ2n) is 9.69. The van der Waals surface area contributed by atoms with Gasteiger partial charge >= 0.3 is 5.97 Å². The predicted molar refractivity (Wildman–Crippen MR) is 138 cm³/mol. The highest BCUT2D eigenvalue weighted by atomic mass is 35.5. The van der Waals surface area contributed by atoms with Crippen LogP contribution in [0.3, 0.4) is 0 Å². The molecule has 0 fully saturated rings. The molecule has 0 saturated carbocycles. The molecule has 3 aromatic rings. The van der Waals surface area contributed by atoms with Crippen LogP contribution in [0, 0.1) is 5.41 Å². The van der Waals surface area contributed by atoms with Gasteiger partial charge in [-0.05, 0) is 36.1 Å². The average Bonchev–Trinajstić information content (AvgIpc) is 3.23. The molecule has 0 aliphatic rings. The summed E-state index contributed by atoms with van der Waals surface area (Å²) in [5.74, 6) is -1.51. The predicted octanol–water partition coefficient (Wildman–Crippen LogP) is 5.30. The topological polar surface area (TPSA) is 114 Å². The van der Waals surface area contributed by atoms with E-state index in [0.717, 1.165) is 0 Å². The van der Waals surface area contributed by atoms with Gasteiger partial charge in [0, 0.05) is 6.07 Å². The van der Waals surface area contributed by atoms with Crippen LogP contribution < -0.4 is 10.1 Å². The van der Waals surface area contributed by atoms with Crippen LogP contribution in [-0.2, 0) is 4.79 Å². The van der Waals surface area contributed by atoms with Crippen molar-refractivity contribution in [1.29, 1.82) is 0 Å². The molecule has 2 atom stereocenters. The molecule has 1 heterocycles. The van der Waals surface area contributed by atoms with Crippen LogP contribution in [0.15, 0.2) is 54.6 Å². The van der Waals surface area contributed by atoms with Crippen LogP contribution in [-0.4, -0.2) is 44.1 Å². The second-order valence-corrected chi connectivity index (χ2v) is 10.5. The van der Waals surface area contributed by atoms with Gasteiger partial charge in [0.15, 0.2) is 5.69 Å². The van der Waals surface area contributed by atoms with Crippen LogP contribution in [0.25, 0.3) is 5.69 Å². The highest BCUT2D eigenvalue weighted by Gasteiger charge is 2.36. The summed E-state index contributed by atoms with van der Waals surface area (Å²) >= 11 is 12.4. The van der Waals surface area contributed by atoms with Gasteiger partial charge in [-0.15, -0.1) is 0 Å². The minimum absolute atomic E-state index is 0.00204. The lowest BCUT2D eigenvalue weighted by Gasteiger charge is -2.36. The Hall–Kier alpha value is -3.07. The van der Waals surface area contributed by atoms with E-state index in [-0.39, 0.29) is 28.2 Å². The van der Waals surface area contributed by atoms with Crippen molar-refractivity contribution in [3.8, 4) is 11.6 Å². The molecule has 2 aromatic carbocycles. The van der Waals surface area contributed by atoms with Gasteiger partial charge in [-0.2, -0.15) is 5.10 Å². The van der Waals surface area contributed by atoms with Crippen LogP contribution in [0.2, 0.25) is 10.0 Å². The van der Waals surface area contributed by atoms with Crippen LogP contribution in [0.4, 0.5) is 0 Å². The second kappa shape index (κ2) is 10.9. The van der Waals surface area contributed by atoms with E-state index in [1.54, 1.807) is 37.3 Å².